The fraction of sp³-hybridized carbons (Fsp3) is 0.700. The van der Waals surface area contributed by atoms with Crippen LogP contribution in [0.15, 0.2) is 0 Å². The van der Waals surface area contributed by atoms with Gasteiger partial charge in [-0.05, 0) is 12.3 Å². The van der Waals surface area contributed by atoms with Crippen molar-refractivity contribution in [1.29, 1.82) is 0 Å². The van der Waals surface area contributed by atoms with Crippen LogP contribution in [0.3, 0.4) is 0 Å². The van der Waals surface area contributed by atoms with Crippen LogP contribution in [0, 0.1) is 5.92 Å². The fourth-order valence-electron chi connectivity index (χ4n) is 0.934. The van der Waals surface area contributed by atoms with E-state index in [4.69, 9.17) is 25.5 Å². The molecule has 0 amide bonds. The quantitative estimate of drug-likeness (QED) is 0.318. The molecule has 0 saturated carbocycles. The highest BCUT2D eigenvalue weighted by Crippen LogP contribution is 2.04. The Morgan fingerprint density at radius 2 is 1.30 bits per heavy atom. The first kappa shape index (κ1) is 20.5. The van der Waals surface area contributed by atoms with Crippen molar-refractivity contribution in [2.45, 2.75) is 38.5 Å². The molecule has 0 heterocycles. The van der Waals surface area contributed by atoms with Crippen LogP contribution in [0.2, 0.25) is 0 Å². The topological polar surface area (TPSA) is 164 Å². The van der Waals surface area contributed by atoms with Gasteiger partial charge in [0.25, 0.3) is 0 Å². The smallest absolute Gasteiger partial charge is 0.335 e. The number of aliphatic hydroxyl groups excluding tert-OH is 2. The van der Waals surface area contributed by atoms with Crippen LogP contribution in [0.5, 0.6) is 0 Å². The van der Waals surface area contributed by atoms with Crippen LogP contribution in [-0.4, -0.2) is 61.7 Å². The molecule has 10 heteroatoms. The summed E-state index contributed by atoms with van der Waals surface area (Å²) < 4.78 is 11.6. The molecule has 0 spiro atoms. The maximum absolute atomic E-state index is 11.6. The van der Waals surface area contributed by atoms with Gasteiger partial charge in [0.15, 0.2) is 12.2 Å². The third-order valence-electron chi connectivity index (χ3n) is 1.94. The third kappa shape index (κ3) is 9.19. The number of aliphatic hydroxyl groups is 2. The van der Waals surface area contributed by atoms with Crippen molar-refractivity contribution in [3.8, 4) is 0 Å². The number of carboxylic acids is 3. The van der Waals surface area contributed by atoms with Crippen LogP contribution in [0.25, 0.3) is 0 Å². The van der Waals surface area contributed by atoms with E-state index in [-0.39, 0.29) is 5.92 Å². The van der Waals surface area contributed by atoms with E-state index in [2.05, 4.69) is 0 Å². The zero-order chi connectivity index (χ0) is 16.5. The van der Waals surface area contributed by atoms with Gasteiger partial charge in [0.2, 0.25) is 0 Å². The lowest BCUT2D eigenvalue weighted by Gasteiger charge is -2.09. The molecule has 0 aliphatic carbocycles. The molecule has 0 aromatic carbocycles. The zero-order valence-corrected chi connectivity index (χ0v) is 10.9. The number of rotatable bonds is 7. The molecule has 0 fully saturated rings. The summed E-state index contributed by atoms with van der Waals surface area (Å²) in [5.41, 5.74) is 1.23. The molecule has 20 heavy (non-hydrogen) atoms. The molecular formula is C10H18FNO8. The highest BCUT2D eigenvalue weighted by atomic mass is 19.2. The average Bonchev–Trinajstić information content (AvgIpc) is 2.33. The Morgan fingerprint density at radius 1 is 0.950 bits per heavy atom. The Morgan fingerprint density at radius 3 is 1.40 bits per heavy atom. The second-order valence-corrected chi connectivity index (χ2v) is 4.20. The number of hydrogen-bond donors (Lipinski definition) is 6. The summed E-state index contributed by atoms with van der Waals surface area (Å²) in [5, 5.41) is 40.8. The summed E-state index contributed by atoms with van der Waals surface area (Å²) in [7, 11) is 0. The van der Waals surface area contributed by atoms with Crippen molar-refractivity contribution < 1.29 is 44.4 Å². The minimum absolute atomic E-state index is 0.185. The highest BCUT2D eigenvalue weighted by Gasteiger charge is 2.29. The highest BCUT2D eigenvalue weighted by molar-refractivity contribution is 5.83. The summed E-state index contributed by atoms with van der Waals surface area (Å²) in [4.78, 5) is 29.7. The lowest BCUT2D eigenvalue weighted by Crippen LogP contribution is -2.39. The second kappa shape index (κ2) is 10.1. The van der Waals surface area contributed by atoms with Gasteiger partial charge >= 0.3 is 17.9 Å². The van der Waals surface area contributed by atoms with Crippen molar-refractivity contribution in [3.05, 3.63) is 0 Å². The van der Waals surface area contributed by atoms with E-state index in [1.807, 2.05) is 13.8 Å². The van der Waals surface area contributed by atoms with Gasteiger partial charge in [-0.25, -0.2) is 9.59 Å². The first-order chi connectivity index (χ1) is 9.04. The lowest BCUT2D eigenvalue weighted by atomic mass is 10.1. The van der Waals surface area contributed by atoms with Crippen molar-refractivity contribution in [2.75, 3.05) is 0 Å². The summed E-state index contributed by atoms with van der Waals surface area (Å²) in [6, 6.07) is -1.06. The number of carbonyl (C=O) groups is 3. The molecule has 6 N–H and O–H groups in total. The Bertz CT molecular complexity index is 317. The molecule has 0 rings (SSSR count). The Hall–Kier alpha value is -1.78. The van der Waals surface area contributed by atoms with Crippen LogP contribution in [0.1, 0.15) is 20.3 Å². The van der Waals surface area contributed by atoms with E-state index in [0.29, 0.717) is 6.42 Å². The summed E-state index contributed by atoms with van der Waals surface area (Å²) in [6.45, 7) is 3.68. The van der Waals surface area contributed by atoms with E-state index in [1.54, 1.807) is 0 Å². The van der Waals surface area contributed by atoms with Gasteiger partial charge in [-0.3, -0.25) is 4.79 Å². The summed E-state index contributed by atoms with van der Waals surface area (Å²) in [5.74, 6) is -4.50. The van der Waals surface area contributed by atoms with E-state index in [0.717, 1.165) is 0 Å². The molecule has 0 aromatic heterocycles. The molecule has 0 radical (unpaired) electrons. The van der Waals surface area contributed by atoms with Crippen LogP contribution in [0.4, 0.5) is 4.48 Å². The third-order valence-corrected chi connectivity index (χ3v) is 1.94. The molecule has 0 aromatic rings. The van der Waals surface area contributed by atoms with Crippen LogP contribution < -0.4 is 5.54 Å². The predicted octanol–water partition coefficient (Wildman–Crippen LogP) is -1.16. The lowest BCUT2D eigenvalue weighted by molar-refractivity contribution is -0.165. The molecule has 118 valence electrons. The Labute approximate surface area is 113 Å². The minimum Gasteiger partial charge on any atom is -0.480 e. The monoisotopic (exact) mass is 299 g/mol. The predicted molar refractivity (Wildman–Crippen MR) is 62.4 cm³/mol. The molecule has 0 aliphatic rings. The van der Waals surface area contributed by atoms with E-state index < -0.39 is 36.2 Å². The van der Waals surface area contributed by atoms with Gasteiger partial charge in [0.1, 0.15) is 6.04 Å². The molecule has 2 unspecified atom stereocenters. The van der Waals surface area contributed by atoms with E-state index >= 15 is 0 Å². The Balaban J connectivity index is 0. The first-order valence-electron chi connectivity index (χ1n) is 5.45. The Kier molecular flexibility index (Phi) is 10.3. The average molecular weight is 299 g/mol. The van der Waals surface area contributed by atoms with Gasteiger partial charge in [-0.2, -0.15) is 0 Å². The van der Waals surface area contributed by atoms with Gasteiger partial charge in [0, 0.05) is 0 Å². The van der Waals surface area contributed by atoms with Crippen LogP contribution in [-0.2, 0) is 14.4 Å². The summed E-state index contributed by atoms with van der Waals surface area (Å²) in [6.07, 6.45) is -4.22. The standard InChI is InChI=1S/C6H12FNO2.C4H6O6/c1-4(2)3-5(8-7)6(9)10;5-1(3(7)8)2(6)4(9)10/h4-5,8H,3H2,1-2H3,(H,9,10);1-2,5-6H,(H,7,8)(H,9,10)/t5-;/m0./s1. The zero-order valence-electron chi connectivity index (χ0n) is 10.9. The minimum atomic E-state index is -2.27. The largest absolute Gasteiger partial charge is 0.480 e. The molecule has 0 saturated heterocycles. The molecule has 9 nitrogen and oxygen atoms in total. The molecule has 0 aliphatic heterocycles. The second-order valence-electron chi connectivity index (χ2n) is 4.20. The SMILES string of the molecule is CC(C)C[C@H](NF)C(=O)O.O=C(O)C(O)C(O)C(=O)O. The summed E-state index contributed by atoms with van der Waals surface area (Å²) >= 11 is 0. The van der Waals surface area contributed by atoms with Gasteiger partial charge in [-0.1, -0.05) is 13.8 Å². The van der Waals surface area contributed by atoms with Crippen molar-refractivity contribution in [2.24, 2.45) is 5.92 Å². The molecule has 3 atom stereocenters. The molecule has 0 bridgehead atoms. The van der Waals surface area contributed by atoms with Crippen molar-refractivity contribution in [1.82, 2.24) is 5.54 Å². The number of hydrogen-bond acceptors (Lipinski definition) is 6. The van der Waals surface area contributed by atoms with Gasteiger partial charge < -0.3 is 25.5 Å². The van der Waals surface area contributed by atoms with E-state index in [9.17, 15) is 18.9 Å². The number of nitrogens with one attached hydrogen (secondary N) is 1. The number of carboxylic acid groups (broad SMARTS) is 3. The fourth-order valence-corrected chi connectivity index (χ4v) is 0.934. The molecular weight excluding hydrogens is 281 g/mol. The van der Waals surface area contributed by atoms with Gasteiger partial charge in [-0.15, -0.1) is 10.0 Å². The first-order valence-corrected chi connectivity index (χ1v) is 5.45. The van der Waals surface area contributed by atoms with Crippen molar-refractivity contribution in [3.63, 3.8) is 0 Å². The van der Waals surface area contributed by atoms with Gasteiger partial charge in [0.05, 0.1) is 0 Å². The van der Waals surface area contributed by atoms with E-state index in [1.165, 1.54) is 5.54 Å². The maximum atomic E-state index is 11.6. The number of halogens is 1. The number of aliphatic carboxylic acids is 3. The normalized spacial score (nSPS) is 14.7. The van der Waals surface area contributed by atoms with Crippen molar-refractivity contribution >= 4 is 17.9 Å². The maximum Gasteiger partial charge on any atom is 0.335 e. The van der Waals surface area contributed by atoms with Crippen LogP contribution >= 0.6 is 0 Å².